The molecule has 2 heterocycles. The Morgan fingerprint density at radius 1 is 1.38 bits per heavy atom. The largest absolute Gasteiger partial charge is 0.488 e. The van der Waals surface area contributed by atoms with E-state index in [0.717, 1.165) is 43.9 Å². The molecule has 0 saturated heterocycles. The zero-order valence-electron chi connectivity index (χ0n) is 12.8. The second kappa shape index (κ2) is 6.31. The molecule has 0 fully saturated rings. The summed E-state index contributed by atoms with van der Waals surface area (Å²) >= 11 is 0. The van der Waals surface area contributed by atoms with Crippen LogP contribution in [-0.4, -0.2) is 22.4 Å². The monoisotopic (exact) mass is 285 g/mol. The first-order chi connectivity index (χ1) is 10.3. The maximum atomic E-state index is 5.98. The topological polar surface area (TPSA) is 39.1 Å². The first kappa shape index (κ1) is 14.1. The predicted molar refractivity (Wildman–Crippen MR) is 83.5 cm³/mol. The van der Waals surface area contributed by atoms with Gasteiger partial charge in [0, 0.05) is 24.7 Å². The number of nitrogens with one attached hydrogen (secondary N) is 1. The summed E-state index contributed by atoms with van der Waals surface area (Å²) < 4.78 is 8.00. The van der Waals surface area contributed by atoms with Crippen LogP contribution in [0.15, 0.2) is 30.5 Å². The number of ether oxygens (including phenoxy) is 1. The number of hydrogen-bond donors (Lipinski definition) is 1. The number of aromatic nitrogens is 2. The SMILES string of the molecule is CCCNCc1cn(CC2Cc3ccccc3O2)nc1C. The number of para-hydroxylation sites is 1. The van der Waals surface area contributed by atoms with Gasteiger partial charge in [0.05, 0.1) is 12.2 Å². The fraction of sp³-hybridized carbons (Fsp3) is 0.471. The van der Waals surface area contributed by atoms with E-state index in [0.29, 0.717) is 0 Å². The summed E-state index contributed by atoms with van der Waals surface area (Å²) in [6.07, 6.45) is 4.46. The highest BCUT2D eigenvalue weighted by atomic mass is 16.5. The van der Waals surface area contributed by atoms with Gasteiger partial charge in [0.25, 0.3) is 0 Å². The average Bonchev–Trinajstić information content (AvgIpc) is 3.02. The molecule has 2 aromatic rings. The van der Waals surface area contributed by atoms with Crippen LogP contribution in [0.1, 0.15) is 30.2 Å². The summed E-state index contributed by atoms with van der Waals surface area (Å²) in [5.41, 5.74) is 3.68. The van der Waals surface area contributed by atoms with Gasteiger partial charge in [0.15, 0.2) is 0 Å². The zero-order chi connectivity index (χ0) is 14.7. The summed E-state index contributed by atoms with van der Waals surface area (Å²) in [7, 11) is 0. The van der Waals surface area contributed by atoms with Crippen LogP contribution >= 0.6 is 0 Å². The molecule has 0 saturated carbocycles. The molecular formula is C17H23N3O. The van der Waals surface area contributed by atoms with Crippen LogP contribution in [0.5, 0.6) is 5.75 Å². The Balaban J connectivity index is 1.60. The van der Waals surface area contributed by atoms with Crippen molar-refractivity contribution in [3.05, 3.63) is 47.3 Å². The van der Waals surface area contributed by atoms with E-state index in [4.69, 9.17) is 4.74 Å². The number of benzene rings is 1. The summed E-state index contributed by atoms with van der Waals surface area (Å²) in [5.74, 6) is 1.02. The lowest BCUT2D eigenvalue weighted by atomic mass is 10.1. The van der Waals surface area contributed by atoms with Gasteiger partial charge < -0.3 is 10.1 Å². The maximum Gasteiger partial charge on any atom is 0.123 e. The highest BCUT2D eigenvalue weighted by Gasteiger charge is 2.23. The fourth-order valence-electron chi connectivity index (χ4n) is 2.79. The Labute approximate surface area is 126 Å². The Bertz CT molecular complexity index is 581. The average molecular weight is 285 g/mol. The molecule has 1 aromatic heterocycles. The Morgan fingerprint density at radius 3 is 3.05 bits per heavy atom. The van der Waals surface area contributed by atoms with Gasteiger partial charge in [-0.3, -0.25) is 4.68 Å². The van der Waals surface area contributed by atoms with Crippen LogP contribution in [-0.2, 0) is 19.5 Å². The molecule has 112 valence electrons. The molecule has 3 rings (SSSR count). The number of nitrogens with zero attached hydrogens (tertiary/aromatic N) is 2. The number of aryl methyl sites for hydroxylation is 1. The quantitative estimate of drug-likeness (QED) is 0.829. The molecule has 0 aliphatic carbocycles. The van der Waals surface area contributed by atoms with E-state index >= 15 is 0 Å². The smallest absolute Gasteiger partial charge is 0.123 e. The van der Waals surface area contributed by atoms with E-state index in [9.17, 15) is 0 Å². The lowest BCUT2D eigenvalue weighted by molar-refractivity contribution is 0.203. The summed E-state index contributed by atoms with van der Waals surface area (Å²) in [6, 6.07) is 8.28. The molecule has 0 radical (unpaired) electrons. The number of hydrogen-bond acceptors (Lipinski definition) is 3. The highest BCUT2D eigenvalue weighted by Crippen LogP contribution is 2.28. The minimum atomic E-state index is 0.193. The van der Waals surface area contributed by atoms with Crippen LogP contribution in [0.25, 0.3) is 0 Å². The maximum absolute atomic E-state index is 5.98. The molecule has 4 heteroatoms. The predicted octanol–water partition coefficient (Wildman–Crippen LogP) is 2.69. The van der Waals surface area contributed by atoms with Crippen molar-refractivity contribution < 1.29 is 4.74 Å². The Hall–Kier alpha value is -1.81. The van der Waals surface area contributed by atoms with Crippen LogP contribution in [0.4, 0.5) is 0 Å². The van der Waals surface area contributed by atoms with Crippen molar-refractivity contribution in [2.24, 2.45) is 0 Å². The van der Waals surface area contributed by atoms with Gasteiger partial charge in [-0.05, 0) is 31.5 Å². The van der Waals surface area contributed by atoms with Gasteiger partial charge in [-0.1, -0.05) is 25.1 Å². The van der Waals surface area contributed by atoms with Gasteiger partial charge in [-0.2, -0.15) is 5.10 Å². The minimum Gasteiger partial charge on any atom is -0.488 e. The van der Waals surface area contributed by atoms with E-state index in [2.05, 4.69) is 42.6 Å². The normalized spacial score (nSPS) is 16.8. The molecule has 21 heavy (non-hydrogen) atoms. The number of rotatable bonds is 6. The van der Waals surface area contributed by atoms with Crippen molar-refractivity contribution in [1.82, 2.24) is 15.1 Å². The molecule has 0 amide bonds. The van der Waals surface area contributed by atoms with Crippen molar-refractivity contribution in [3.63, 3.8) is 0 Å². The van der Waals surface area contributed by atoms with Gasteiger partial charge in [-0.15, -0.1) is 0 Å². The van der Waals surface area contributed by atoms with E-state index in [1.165, 1.54) is 11.1 Å². The molecule has 1 unspecified atom stereocenters. The molecule has 1 aliphatic rings. The molecule has 1 N–H and O–H groups in total. The number of fused-ring (bicyclic) bond motifs is 1. The third-order valence-corrected chi connectivity index (χ3v) is 3.89. The zero-order valence-corrected chi connectivity index (χ0v) is 12.8. The second-order valence-electron chi connectivity index (χ2n) is 5.69. The first-order valence-electron chi connectivity index (χ1n) is 7.74. The van der Waals surface area contributed by atoms with Gasteiger partial charge in [0.1, 0.15) is 11.9 Å². The molecule has 0 bridgehead atoms. The summed E-state index contributed by atoms with van der Waals surface area (Å²) in [6.45, 7) is 7.00. The van der Waals surface area contributed by atoms with Crippen LogP contribution in [0, 0.1) is 6.92 Å². The third-order valence-electron chi connectivity index (χ3n) is 3.89. The first-order valence-corrected chi connectivity index (χ1v) is 7.74. The van der Waals surface area contributed by atoms with Crippen molar-refractivity contribution >= 4 is 0 Å². The summed E-state index contributed by atoms with van der Waals surface area (Å²) in [4.78, 5) is 0. The lowest BCUT2D eigenvalue weighted by Crippen LogP contribution is -2.21. The van der Waals surface area contributed by atoms with E-state index in [1.807, 2.05) is 16.8 Å². The van der Waals surface area contributed by atoms with Crippen molar-refractivity contribution in [2.75, 3.05) is 6.54 Å². The molecular weight excluding hydrogens is 262 g/mol. The van der Waals surface area contributed by atoms with Gasteiger partial charge in [0.2, 0.25) is 0 Å². The second-order valence-corrected chi connectivity index (χ2v) is 5.69. The highest BCUT2D eigenvalue weighted by molar-refractivity contribution is 5.37. The summed E-state index contributed by atoms with van der Waals surface area (Å²) in [5, 5.41) is 8.04. The Morgan fingerprint density at radius 2 is 2.24 bits per heavy atom. The Kier molecular flexibility index (Phi) is 4.25. The van der Waals surface area contributed by atoms with Gasteiger partial charge in [-0.25, -0.2) is 0 Å². The molecule has 1 aliphatic heterocycles. The van der Waals surface area contributed by atoms with E-state index in [-0.39, 0.29) is 6.10 Å². The van der Waals surface area contributed by atoms with Crippen molar-refractivity contribution in [1.29, 1.82) is 0 Å². The van der Waals surface area contributed by atoms with Crippen molar-refractivity contribution in [3.8, 4) is 5.75 Å². The fourth-order valence-corrected chi connectivity index (χ4v) is 2.79. The van der Waals surface area contributed by atoms with Gasteiger partial charge >= 0.3 is 0 Å². The molecule has 1 aromatic carbocycles. The van der Waals surface area contributed by atoms with Crippen molar-refractivity contribution in [2.45, 2.75) is 45.9 Å². The van der Waals surface area contributed by atoms with E-state index in [1.54, 1.807) is 0 Å². The van der Waals surface area contributed by atoms with E-state index < -0.39 is 0 Å². The molecule has 4 nitrogen and oxygen atoms in total. The third kappa shape index (κ3) is 3.27. The van der Waals surface area contributed by atoms with Crippen LogP contribution in [0.3, 0.4) is 0 Å². The van der Waals surface area contributed by atoms with Crippen LogP contribution in [0.2, 0.25) is 0 Å². The molecule has 1 atom stereocenters. The standard InChI is InChI=1S/C17H23N3O/c1-3-8-18-10-15-11-20(19-13(15)2)12-16-9-14-6-4-5-7-17(14)21-16/h4-7,11,16,18H,3,8-10,12H2,1-2H3. The van der Waals surface area contributed by atoms with Crippen LogP contribution < -0.4 is 10.1 Å². The minimum absolute atomic E-state index is 0.193. The molecule has 0 spiro atoms. The lowest BCUT2D eigenvalue weighted by Gasteiger charge is -2.10.